The smallest absolute Gasteiger partial charge is 0.368 e. The fraction of sp³-hybridized carbons (Fsp3) is 0.250. The monoisotopic (exact) mass is 454 g/mol. The molecule has 1 saturated heterocycles. The van der Waals surface area contributed by atoms with Crippen molar-refractivity contribution in [1.82, 2.24) is 4.90 Å². The van der Waals surface area contributed by atoms with Crippen LogP contribution in [0, 0.1) is 17.1 Å². The maximum absolute atomic E-state index is 13.4. The number of hydrogen-bond acceptors (Lipinski definition) is 4. The number of nitrogens with zero attached hydrogens (tertiary/aromatic N) is 3. The van der Waals surface area contributed by atoms with Crippen LogP contribution in [0.1, 0.15) is 21.5 Å². The summed E-state index contributed by atoms with van der Waals surface area (Å²) in [6.07, 6.45) is -4.73. The molecule has 6 nitrogen and oxygen atoms in total. The number of hydrogen-bond donors (Lipinski definition) is 1. The third kappa shape index (κ3) is 4.56. The molecule has 3 rings (SSSR count). The topological polar surface area (TPSA) is 90.4 Å². The highest BCUT2D eigenvalue weighted by Gasteiger charge is 2.37. The predicted octanol–water partition coefficient (Wildman–Crippen LogP) is 3.19. The summed E-state index contributed by atoms with van der Waals surface area (Å²) >= 11 is 5.71. The molecule has 2 amide bonds. The highest BCUT2D eigenvalue weighted by molar-refractivity contribution is 6.31. The standard InChI is InChI=1S/C20H15ClF4N4O2/c21-15-7-11(2-4-16(15)22)19(31)29-6-5-28(10-17(29)18(27)30)13-3-1-12(9-26)14(8-13)20(23,24)25/h1-4,7-8,17H,5-6,10H2,(H2,27,30). The average Bonchev–Trinajstić information content (AvgIpc) is 2.73. The highest BCUT2D eigenvalue weighted by atomic mass is 35.5. The van der Waals surface area contributed by atoms with Crippen LogP contribution >= 0.6 is 11.6 Å². The van der Waals surface area contributed by atoms with E-state index in [1.807, 2.05) is 0 Å². The molecule has 1 atom stereocenters. The van der Waals surface area contributed by atoms with Gasteiger partial charge in [-0.2, -0.15) is 18.4 Å². The second kappa shape index (κ2) is 8.43. The Morgan fingerprint density at radius 2 is 1.87 bits per heavy atom. The van der Waals surface area contributed by atoms with Crippen LogP contribution in [0.4, 0.5) is 23.2 Å². The number of nitrogens with two attached hydrogens (primary N) is 1. The van der Waals surface area contributed by atoms with Crippen molar-refractivity contribution in [1.29, 1.82) is 5.26 Å². The summed E-state index contributed by atoms with van der Waals surface area (Å²) in [7, 11) is 0. The molecule has 2 aromatic rings. The van der Waals surface area contributed by atoms with Gasteiger partial charge in [-0.3, -0.25) is 9.59 Å². The molecule has 1 aliphatic rings. The van der Waals surface area contributed by atoms with E-state index in [1.54, 1.807) is 0 Å². The molecule has 1 unspecified atom stereocenters. The van der Waals surface area contributed by atoms with Gasteiger partial charge >= 0.3 is 6.18 Å². The van der Waals surface area contributed by atoms with Crippen molar-refractivity contribution in [2.45, 2.75) is 12.2 Å². The number of nitriles is 1. The second-order valence-electron chi connectivity index (χ2n) is 6.83. The van der Waals surface area contributed by atoms with Gasteiger partial charge in [-0.15, -0.1) is 0 Å². The number of halogens is 5. The van der Waals surface area contributed by atoms with Gasteiger partial charge < -0.3 is 15.5 Å². The van der Waals surface area contributed by atoms with Crippen LogP contribution in [0.5, 0.6) is 0 Å². The molecule has 162 valence electrons. The summed E-state index contributed by atoms with van der Waals surface area (Å²) in [5.41, 5.74) is 4.00. The fourth-order valence-electron chi connectivity index (χ4n) is 3.36. The average molecular weight is 455 g/mol. The van der Waals surface area contributed by atoms with E-state index >= 15 is 0 Å². The van der Waals surface area contributed by atoms with E-state index in [1.165, 1.54) is 28.0 Å². The van der Waals surface area contributed by atoms with Crippen LogP contribution in [0.15, 0.2) is 36.4 Å². The third-order valence-electron chi connectivity index (χ3n) is 4.93. The van der Waals surface area contributed by atoms with Crippen molar-refractivity contribution < 1.29 is 27.2 Å². The summed E-state index contributed by atoms with van der Waals surface area (Å²) in [4.78, 5) is 27.5. The number of primary amides is 1. The molecule has 0 radical (unpaired) electrons. The molecular formula is C20H15ClF4N4O2. The number of benzene rings is 2. The Morgan fingerprint density at radius 3 is 2.45 bits per heavy atom. The molecular weight excluding hydrogens is 440 g/mol. The minimum atomic E-state index is -4.73. The third-order valence-corrected chi connectivity index (χ3v) is 5.22. The summed E-state index contributed by atoms with van der Waals surface area (Å²) in [6, 6.07) is 6.93. The van der Waals surface area contributed by atoms with Gasteiger partial charge in [0.15, 0.2) is 0 Å². The Kier molecular flexibility index (Phi) is 6.08. The molecule has 0 spiro atoms. The quantitative estimate of drug-likeness (QED) is 0.721. The van der Waals surface area contributed by atoms with Crippen LogP contribution in [0.3, 0.4) is 0 Å². The first-order chi connectivity index (χ1) is 14.5. The van der Waals surface area contributed by atoms with Crippen LogP contribution in [0.2, 0.25) is 5.02 Å². The zero-order chi connectivity index (χ0) is 22.9. The maximum atomic E-state index is 13.4. The summed E-state index contributed by atoms with van der Waals surface area (Å²) < 4.78 is 53.2. The number of alkyl halides is 3. The highest BCUT2D eigenvalue weighted by Crippen LogP contribution is 2.35. The number of piperazine rings is 1. The van der Waals surface area contributed by atoms with E-state index in [2.05, 4.69) is 0 Å². The first kappa shape index (κ1) is 22.4. The molecule has 2 N–H and O–H groups in total. The molecule has 1 aliphatic heterocycles. The molecule has 1 heterocycles. The van der Waals surface area contributed by atoms with Gasteiger partial charge in [-0.1, -0.05) is 11.6 Å². The van der Waals surface area contributed by atoms with Crippen LogP contribution in [0.25, 0.3) is 0 Å². The lowest BCUT2D eigenvalue weighted by atomic mass is 10.0. The SMILES string of the molecule is N#Cc1ccc(N2CCN(C(=O)c3ccc(F)c(Cl)c3)C(C(N)=O)C2)cc1C(F)(F)F. The van der Waals surface area contributed by atoms with E-state index < -0.39 is 41.0 Å². The second-order valence-corrected chi connectivity index (χ2v) is 7.24. The zero-order valence-corrected chi connectivity index (χ0v) is 16.5. The minimum Gasteiger partial charge on any atom is -0.368 e. The maximum Gasteiger partial charge on any atom is 0.417 e. The lowest BCUT2D eigenvalue weighted by Crippen LogP contribution is -2.60. The van der Waals surface area contributed by atoms with Gasteiger partial charge in [0.2, 0.25) is 5.91 Å². The van der Waals surface area contributed by atoms with Gasteiger partial charge in [0.05, 0.1) is 22.2 Å². The van der Waals surface area contributed by atoms with E-state index in [4.69, 9.17) is 22.6 Å². The lowest BCUT2D eigenvalue weighted by molar-refractivity contribution is -0.137. The Morgan fingerprint density at radius 1 is 1.16 bits per heavy atom. The van der Waals surface area contributed by atoms with Gasteiger partial charge in [0.1, 0.15) is 11.9 Å². The van der Waals surface area contributed by atoms with E-state index in [-0.39, 0.29) is 35.9 Å². The summed E-state index contributed by atoms with van der Waals surface area (Å²) in [5, 5.41) is 8.67. The molecule has 0 bridgehead atoms. The summed E-state index contributed by atoms with van der Waals surface area (Å²) in [5.74, 6) is -2.17. The van der Waals surface area contributed by atoms with Crippen molar-refractivity contribution in [2.75, 3.05) is 24.5 Å². The van der Waals surface area contributed by atoms with Crippen molar-refractivity contribution in [3.05, 3.63) is 63.9 Å². The lowest BCUT2D eigenvalue weighted by Gasteiger charge is -2.41. The fourth-order valence-corrected chi connectivity index (χ4v) is 3.54. The van der Waals surface area contributed by atoms with Gasteiger partial charge in [0.25, 0.3) is 5.91 Å². The molecule has 1 fully saturated rings. The van der Waals surface area contributed by atoms with Crippen LogP contribution in [-0.2, 0) is 11.0 Å². The van der Waals surface area contributed by atoms with Crippen molar-refractivity contribution >= 4 is 29.1 Å². The number of carbonyl (C=O) groups is 2. The van der Waals surface area contributed by atoms with E-state index in [9.17, 15) is 27.2 Å². The molecule has 0 aliphatic carbocycles. The van der Waals surface area contributed by atoms with Crippen LogP contribution in [-0.4, -0.2) is 42.4 Å². The predicted molar refractivity (Wildman–Crippen MR) is 104 cm³/mol. The van der Waals surface area contributed by atoms with Crippen molar-refractivity contribution in [3.8, 4) is 6.07 Å². The minimum absolute atomic E-state index is 0.0250. The molecule has 31 heavy (non-hydrogen) atoms. The number of anilines is 1. The number of amides is 2. The van der Waals surface area contributed by atoms with Gasteiger partial charge in [-0.25, -0.2) is 4.39 Å². The summed E-state index contributed by atoms with van der Waals surface area (Å²) in [6.45, 7) is -0.0738. The number of carbonyl (C=O) groups excluding carboxylic acids is 2. The number of rotatable bonds is 3. The first-order valence-electron chi connectivity index (χ1n) is 8.94. The Hall–Kier alpha value is -3.32. The van der Waals surface area contributed by atoms with Gasteiger partial charge in [-0.05, 0) is 36.4 Å². The molecule has 11 heteroatoms. The zero-order valence-electron chi connectivity index (χ0n) is 15.8. The first-order valence-corrected chi connectivity index (χ1v) is 9.32. The Bertz CT molecular complexity index is 1080. The Labute approximate surface area is 179 Å². The molecule has 0 aromatic heterocycles. The van der Waals surface area contributed by atoms with E-state index in [0.29, 0.717) is 0 Å². The van der Waals surface area contributed by atoms with Gasteiger partial charge in [0, 0.05) is 30.9 Å². The van der Waals surface area contributed by atoms with Crippen molar-refractivity contribution in [3.63, 3.8) is 0 Å². The van der Waals surface area contributed by atoms with E-state index in [0.717, 1.165) is 24.3 Å². The largest absolute Gasteiger partial charge is 0.417 e. The Balaban J connectivity index is 1.88. The molecule has 2 aromatic carbocycles. The normalized spacial score (nSPS) is 16.7. The van der Waals surface area contributed by atoms with Crippen LogP contribution < -0.4 is 10.6 Å². The molecule has 0 saturated carbocycles. The van der Waals surface area contributed by atoms with Crippen molar-refractivity contribution in [2.24, 2.45) is 5.73 Å².